The highest BCUT2D eigenvalue weighted by Crippen LogP contribution is 2.03. The van der Waals surface area contributed by atoms with E-state index in [-0.39, 0.29) is 5.78 Å². The quantitative estimate of drug-likeness (QED) is 0.487. The van der Waals surface area contributed by atoms with Gasteiger partial charge in [0, 0.05) is 0 Å². The van der Waals surface area contributed by atoms with Crippen molar-refractivity contribution in [2.24, 2.45) is 0 Å². The number of hydrogen-bond donors (Lipinski definition) is 0. The summed E-state index contributed by atoms with van der Waals surface area (Å²) >= 11 is 5.62. The van der Waals surface area contributed by atoms with E-state index in [1.165, 1.54) is 6.08 Å². The minimum atomic E-state index is -0.499. The fourth-order valence-corrected chi connectivity index (χ4v) is 0.784. The Morgan fingerprint density at radius 1 is 1.20 bits per heavy atom. The molecule has 1 unspecified atom stereocenters. The molecule has 0 radical (unpaired) electrons. The average Bonchev–Trinajstić information content (AvgIpc) is 1.92. The van der Waals surface area contributed by atoms with Gasteiger partial charge in [-0.1, -0.05) is 30.4 Å². The monoisotopic (exact) mass is 154 g/mol. The van der Waals surface area contributed by atoms with Crippen LogP contribution in [0.15, 0.2) is 36.5 Å². The van der Waals surface area contributed by atoms with Crippen LogP contribution in [-0.2, 0) is 4.79 Å². The maximum absolute atomic E-state index is 10.9. The number of carbonyl (C=O) groups excluding carboxylic acids is 1. The van der Waals surface area contributed by atoms with Crippen molar-refractivity contribution >= 4 is 17.4 Å². The van der Waals surface area contributed by atoms with Gasteiger partial charge < -0.3 is 0 Å². The lowest BCUT2D eigenvalue weighted by Crippen LogP contribution is -2.07. The SMILES string of the molecule is O=C1\C=C/C=C\C=C/C1Cl. The van der Waals surface area contributed by atoms with E-state index in [4.69, 9.17) is 11.6 Å². The van der Waals surface area contributed by atoms with Gasteiger partial charge in [-0.2, -0.15) is 0 Å². The highest BCUT2D eigenvalue weighted by Gasteiger charge is 2.06. The number of ketones is 1. The van der Waals surface area contributed by atoms with Crippen molar-refractivity contribution in [2.75, 3.05) is 0 Å². The van der Waals surface area contributed by atoms with Crippen LogP contribution in [-0.4, -0.2) is 11.2 Å². The molecule has 10 heavy (non-hydrogen) atoms. The molecule has 0 amide bonds. The van der Waals surface area contributed by atoms with E-state index in [2.05, 4.69) is 0 Å². The molecule has 0 heterocycles. The van der Waals surface area contributed by atoms with Gasteiger partial charge in [-0.25, -0.2) is 0 Å². The van der Waals surface area contributed by atoms with Gasteiger partial charge in [-0.15, -0.1) is 11.6 Å². The first-order chi connectivity index (χ1) is 4.80. The smallest absolute Gasteiger partial charge is 0.177 e. The number of carbonyl (C=O) groups is 1. The largest absolute Gasteiger partial charge is 0.293 e. The molecule has 0 saturated heterocycles. The van der Waals surface area contributed by atoms with Gasteiger partial charge in [-0.05, 0) is 6.08 Å². The highest BCUT2D eigenvalue weighted by molar-refractivity contribution is 6.34. The number of alkyl halides is 1. The number of halogens is 1. The number of rotatable bonds is 0. The van der Waals surface area contributed by atoms with Crippen molar-refractivity contribution in [1.82, 2.24) is 0 Å². The summed E-state index contributed by atoms with van der Waals surface area (Å²) in [5.41, 5.74) is 0. The van der Waals surface area contributed by atoms with Crippen molar-refractivity contribution in [3.8, 4) is 0 Å². The fraction of sp³-hybridized carbons (Fsp3) is 0.125. The van der Waals surface area contributed by atoms with Gasteiger partial charge in [0.25, 0.3) is 0 Å². The van der Waals surface area contributed by atoms with Crippen molar-refractivity contribution in [3.05, 3.63) is 36.5 Å². The molecule has 0 spiro atoms. The molecule has 0 bridgehead atoms. The molecular formula is C8H7ClO. The summed E-state index contributed by atoms with van der Waals surface area (Å²) in [5, 5.41) is -0.499. The van der Waals surface area contributed by atoms with Crippen LogP contribution in [0.3, 0.4) is 0 Å². The van der Waals surface area contributed by atoms with E-state index in [1.54, 1.807) is 24.3 Å². The summed E-state index contributed by atoms with van der Waals surface area (Å²) in [6.07, 6.45) is 10.2. The third kappa shape index (κ3) is 1.85. The van der Waals surface area contributed by atoms with Crippen LogP contribution in [0.2, 0.25) is 0 Å². The summed E-state index contributed by atoms with van der Waals surface area (Å²) in [7, 11) is 0. The van der Waals surface area contributed by atoms with Gasteiger partial charge >= 0.3 is 0 Å². The van der Waals surface area contributed by atoms with Crippen molar-refractivity contribution in [3.63, 3.8) is 0 Å². The lowest BCUT2D eigenvalue weighted by atomic mass is 10.2. The Morgan fingerprint density at radius 2 is 1.90 bits per heavy atom. The molecule has 0 saturated carbocycles. The van der Waals surface area contributed by atoms with E-state index >= 15 is 0 Å². The second kappa shape index (κ2) is 3.37. The Hall–Kier alpha value is -0.820. The molecule has 0 aliphatic heterocycles. The van der Waals surface area contributed by atoms with Crippen LogP contribution < -0.4 is 0 Å². The molecule has 2 heteroatoms. The van der Waals surface area contributed by atoms with E-state index in [9.17, 15) is 4.79 Å². The molecule has 1 aliphatic rings. The Morgan fingerprint density at radius 3 is 2.70 bits per heavy atom. The van der Waals surface area contributed by atoms with Crippen molar-refractivity contribution in [1.29, 1.82) is 0 Å². The molecule has 0 aromatic heterocycles. The zero-order valence-corrected chi connectivity index (χ0v) is 6.08. The van der Waals surface area contributed by atoms with Gasteiger partial charge in [-0.3, -0.25) is 4.79 Å². The van der Waals surface area contributed by atoms with Crippen molar-refractivity contribution in [2.45, 2.75) is 5.38 Å². The first-order valence-corrected chi connectivity index (χ1v) is 3.44. The standard InChI is InChI=1S/C8H7ClO/c9-7-5-3-1-2-4-6-8(7)10/h1-7H/b2-1-,5-3-,6-4-. The summed E-state index contributed by atoms with van der Waals surface area (Å²) in [5.74, 6) is -0.0673. The summed E-state index contributed by atoms with van der Waals surface area (Å²) < 4.78 is 0. The molecule has 1 aliphatic carbocycles. The first-order valence-electron chi connectivity index (χ1n) is 3.00. The average molecular weight is 155 g/mol. The Balaban J connectivity index is 2.81. The molecule has 0 aromatic rings. The predicted molar refractivity (Wildman–Crippen MR) is 42.1 cm³/mol. The summed E-state index contributed by atoms with van der Waals surface area (Å²) in [4.78, 5) is 10.9. The van der Waals surface area contributed by atoms with E-state index in [0.29, 0.717) is 0 Å². The zero-order chi connectivity index (χ0) is 7.40. The number of allylic oxidation sites excluding steroid dienone is 6. The minimum Gasteiger partial charge on any atom is -0.293 e. The first kappa shape index (κ1) is 7.29. The highest BCUT2D eigenvalue weighted by atomic mass is 35.5. The molecule has 1 rings (SSSR count). The molecule has 52 valence electrons. The lowest BCUT2D eigenvalue weighted by Gasteiger charge is -1.97. The van der Waals surface area contributed by atoms with Gasteiger partial charge in [0.2, 0.25) is 0 Å². The maximum Gasteiger partial charge on any atom is 0.177 e. The molecule has 1 atom stereocenters. The predicted octanol–water partition coefficient (Wildman–Crippen LogP) is 1.85. The second-order valence-corrected chi connectivity index (χ2v) is 2.40. The van der Waals surface area contributed by atoms with E-state index in [0.717, 1.165) is 0 Å². The van der Waals surface area contributed by atoms with Gasteiger partial charge in [0.1, 0.15) is 5.38 Å². The molecule has 0 fully saturated rings. The number of hydrogen-bond acceptors (Lipinski definition) is 1. The third-order valence-corrected chi connectivity index (χ3v) is 1.51. The maximum atomic E-state index is 10.9. The zero-order valence-electron chi connectivity index (χ0n) is 5.33. The lowest BCUT2D eigenvalue weighted by molar-refractivity contribution is -0.113. The third-order valence-electron chi connectivity index (χ3n) is 1.15. The Kier molecular flexibility index (Phi) is 2.46. The van der Waals surface area contributed by atoms with Crippen LogP contribution in [0.5, 0.6) is 0 Å². The second-order valence-electron chi connectivity index (χ2n) is 1.93. The van der Waals surface area contributed by atoms with Crippen LogP contribution in [0.25, 0.3) is 0 Å². The van der Waals surface area contributed by atoms with Crippen molar-refractivity contribution < 1.29 is 4.79 Å². The molecule has 1 nitrogen and oxygen atoms in total. The van der Waals surface area contributed by atoms with Crippen LogP contribution >= 0.6 is 11.6 Å². The van der Waals surface area contributed by atoms with Gasteiger partial charge in [0.15, 0.2) is 5.78 Å². The van der Waals surface area contributed by atoms with Crippen LogP contribution in [0, 0.1) is 0 Å². The Labute approximate surface area is 64.7 Å². The fourth-order valence-electron chi connectivity index (χ4n) is 0.627. The molecule has 0 N–H and O–H groups in total. The topological polar surface area (TPSA) is 17.1 Å². The normalized spacial score (nSPS) is 34.1. The van der Waals surface area contributed by atoms with Gasteiger partial charge in [0.05, 0.1) is 0 Å². The van der Waals surface area contributed by atoms with E-state index in [1.807, 2.05) is 6.08 Å². The molecular weight excluding hydrogens is 148 g/mol. The van der Waals surface area contributed by atoms with Crippen LogP contribution in [0.4, 0.5) is 0 Å². The van der Waals surface area contributed by atoms with E-state index < -0.39 is 5.38 Å². The Bertz CT molecular complexity index is 213. The summed E-state index contributed by atoms with van der Waals surface area (Å²) in [6, 6.07) is 0. The van der Waals surface area contributed by atoms with Crippen LogP contribution in [0.1, 0.15) is 0 Å². The molecule has 0 aromatic carbocycles. The minimum absolute atomic E-state index is 0.0673. The summed E-state index contributed by atoms with van der Waals surface area (Å²) in [6.45, 7) is 0.